The van der Waals surface area contributed by atoms with E-state index in [0.717, 1.165) is 17.7 Å². The van der Waals surface area contributed by atoms with Crippen molar-refractivity contribution < 1.29 is 14.4 Å². The van der Waals surface area contributed by atoms with Crippen LogP contribution in [0.25, 0.3) is 0 Å². The Morgan fingerprint density at radius 2 is 1.84 bits per heavy atom. The molecule has 7 nitrogen and oxygen atoms in total. The third-order valence-corrected chi connectivity index (χ3v) is 6.33. The predicted molar refractivity (Wildman–Crippen MR) is 123 cm³/mol. The largest absolute Gasteiger partial charge is 0.354 e. The maximum absolute atomic E-state index is 12.8. The number of hydrogen-bond acceptors (Lipinski definition) is 4. The zero-order valence-corrected chi connectivity index (χ0v) is 18.8. The van der Waals surface area contributed by atoms with Gasteiger partial charge in [0, 0.05) is 25.3 Å². The summed E-state index contributed by atoms with van der Waals surface area (Å²) in [6.07, 6.45) is 2.13. The minimum absolute atomic E-state index is 0.0239. The van der Waals surface area contributed by atoms with Gasteiger partial charge in [0.05, 0.1) is 4.88 Å². The quantitative estimate of drug-likeness (QED) is 0.612. The molecule has 1 aliphatic heterocycles. The Morgan fingerprint density at radius 1 is 1.13 bits per heavy atom. The van der Waals surface area contributed by atoms with Gasteiger partial charge in [-0.05, 0) is 55.7 Å². The van der Waals surface area contributed by atoms with Crippen molar-refractivity contribution in [3.05, 3.63) is 52.2 Å². The molecule has 1 fully saturated rings. The molecule has 166 valence electrons. The Labute approximate surface area is 187 Å². The third-order valence-electron chi connectivity index (χ3n) is 5.46. The van der Waals surface area contributed by atoms with Gasteiger partial charge < -0.3 is 20.9 Å². The van der Waals surface area contributed by atoms with Gasteiger partial charge in [-0.1, -0.05) is 30.7 Å². The van der Waals surface area contributed by atoms with E-state index in [1.165, 1.54) is 11.3 Å². The van der Waals surface area contributed by atoms with E-state index in [0.29, 0.717) is 37.4 Å². The number of carbonyl (C=O) groups is 3. The first-order valence-corrected chi connectivity index (χ1v) is 11.6. The summed E-state index contributed by atoms with van der Waals surface area (Å²) in [4.78, 5) is 40.3. The van der Waals surface area contributed by atoms with E-state index in [1.54, 1.807) is 11.0 Å². The van der Waals surface area contributed by atoms with E-state index >= 15 is 0 Å². The molecule has 4 amide bonds. The number of aryl methyl sites for hydroxylation is 1. The first kappa shape index (κ1) is 22.8. The number of benzene rings is 1. The molecule has 3 N–H and O–H groups in total. The molecule has 1 atom stereocenters. The van der Waals surface area contributed by atoms with Crippen LogP contribution in [0.3, 0.4) is 0 Å². The number of likely N-dealkylation sites (tertiary alicyclic amines) is 1. The lowest BCUT2D eigenvalue weighted by Crippen LogP contribution is -2.54. The van der Waals surface area contributed by atoms with Crippen molar-refractivity contribution in [2.45, 2.75) is 39.2 Å². The van der Waals surface area contributed by atoms with Gasteiger partial charge in [0.2, 0.25) is 5.91 Å². The molecule has 1 aromatic carbocycles. The molecule has 1 aliphatic rings. The van der Waals surface area contributed by atoms with Crippen LogP contribution < -0.4 is 16.0 Å². The van der Waals surface area contributed by atoms with Crippen LogP contribution in [-0.4, -0.2) is 48.4 Å². The van der Waals surface area contributed by atoms with E-state index in [9.17, 15) is 14.4 Å². The summed E-state index contributed by atoms with van der Waals surface area (Å²) in [5.41, 5.74) is 1.90. The van der Waals surface area contributed by atoms with Gasteiger partial charge in [-0.15, -0.1) is 11.3 Å². The maximum Gasteiger partial charge on any atom is 0.321 e. The summed E-state index contributed by atoms with van der Waals surface area (Å²) < 4.78 is 0. The van der Waals surface area contributed by atoms with Gasteiger partial charge in [-0.2, -0.15) is 0 Å². The maximum atomic E-state index is 12.8. The molecule has 2 aromatic rings. The number of nitrogens with one attached hydrogen (secondary N) is 3. The SMILES string of the molecule is CCCNC(=O)[C@H](NC(=O)c1cccs1)C1CCN(C(=O)Nc2ccc(C)cc2)CC1. The second-order valence-corrected chi connectivity index (χ2v) is 8.79. The van der Waals surface area contributed by atoms with Crippen LogP contribution in [0.4, 0.5) is 10.5 Å². The molecule has 0 aliphatic carbocycles. The average Bonchev–Trinajstić information content (AvgIpc) is 3.32. The second-order valence-electron chi connectivity index (χ2n) is 7.84. The minimum Gasteiger partial charge on any atom is -0.354 e. The Kier molecular flexibility index (Phi) is 8.06. The van der Waals surface area contributed by atoms with E-state index in [-0.39, 0.29) is 23.8 Å². The monoisotopic (exact) mass is 442 g/mol. The van der Waals surface area contributed by atoms with Crippen LogP contribution in [-0.2, 0) is 4.79 Å². The topological polar surface area (TPSA) is 90.5 Å². The highest BCUT2D eigenvalue weighted by Gasteiger charge is 2.34. The number of thiophene rings is 1. The fraction of sp³-hybridized carbons (Fsp3) is 0.435. The molecular formula is C23H30N4O3S. The Morgan fingerprint density at radius 3 is 2.45 bits per heavy atom. The second kappa shape index (κ2) is 10.9. The van der Waals surface area contributed by atoms with Gasteiger partial charge in [0.15, 0.2) is 0 Å². The molecule has 3 rings (SSSR count). The number of urea groups is 1. The fourth-order valence-electron chi connectivity index (χ4n) is 3.65. The van der Waals surface area contributed by atoms with Crippen molar-refractivity contribution in [2.75, 3.05) is 25.0 Å². The molecule has 8 heteroatoms. The van der Waals surface area contributed by atoms with Crippen LogP contribution in [0.2, 0.25) is 0 Å². The van der Waals surface area contributed by atoms with Crippen molar-refractivity contribution in [2.24, 2.45) is 5.92 Å². The smallest absolute Gasteiger partial charge is 0.321 e. The molecule has 1 saturated heterocycles. The normalized spacial score (nSPS) is 15.2. The average molecular weight is 443 g/mol. The lowest BCUT2D eigenvalue weighted by Gasteiger charge is -2.35. The van der Waals surface area contributed by atoms with E-state index < -0.39 is 6.04 Å². The highest BCUT2D eigenvalue weighted by Crippen LogP contribution is 2.23. The molecule has 0 radical (unpaired) electrons. The molecule has 0 spiro atoms. The number of carbonyl (C=O) groups excluding carboxylic acids is 3. The number of rotatable bonds is 7. The number of hydrogen-bond donors (Lipinski definition) is 3. The van der Waals surface area contributed by atoms with Gasteiger partial charge in [0.25, 0.3) is 5.91 Å². The lowest BCUT2D eigenvalue weighted by atomic mass is 9.88. The first-order chi connectivity index (χ1) is 15.0. The highest BCUT2D eigenvalue weighted by molar-refractivity contribution is 7.12. The van der Waals surface area contributed by atoms with E-state index in [4.69, 9.17) is 0 Å². The number of piperidine rings is 1. The molecule has 31 heavy (non-hydrogen) atoms. The van der Waals surface area contributed by atoms with Gasteiger partial charge in [-0.3, -0.25) is 9.59 Å². The zero-order chi connectivity index (χ0) is 22.2. The summed E-state index contributed by atoms with van der Waals surface area (Å²) in [5.74, 6) is -0.412. The first-order valence-electron chi connectivity index (χ1n) is 10.7. The molecule has 0 unspecified atom stereocenters. The third kappa shape index (κ3) is 6.30. The standard InChI is InChI=1S/C23H30N4O3S/c1-3-12-24-22(29)20(26-21(28)19-5-4-15-31-19)17-10-13-27(14-11-17)23(30)25-18-8-6-16(2)7-9-18/h4-9,15,17,20H,3,10-14H2,1-2H3,(H,24,29)(H,25,30)(H,26,28)/t20-/m1/s1. The molecule has 2 heterocycles. The van der Waals surface area contributed by atoms with Gasteiger partial charge in [-0.25, -0.2) is 4.79 Å². The minimum atomic E-state index is -0.608. The van der Waals surface area contributed by atoms with Crippen molar-refractivity contribution in [3.63, 3.8) is 0 Å². The summed E-state index contributed by atoms with van der Waals surface area (Å²) >= 11 is 1.35. The Hall–Kier alpha value is -2.87. The number of anilines is 1. The summed E-state index contributed by atoms with van der Waals surface area (Å²) in [6, 6.07) is 10.5. The summed E-state index contributed by atoms with van der Waals surface area (Å²) in [5, 5.41) is 10.6. The van der Waals surface area contributed by atoms with Crippen LogP contribution >= 0.6 is 11.3 Å². The van der Waals surface area contributed by atoms with Crippen molar-refractivity contribution in [3.8, 4) is 0 Å². The predicted octanol–water partition coefficient (Wildman–Crippen LogP) is 3.63. The van der Waals surface area contributed by atoms with Crippen molar-refractivity contribution in [1.82, 2.24) is 15.5 Å². The zero-order valence-electron chi connectivity index (χ0n) is 18.0. The Balaban J connectivity index is 1.59. The van der Waals surface area contributed by atoms with Crippen LogP contribution in [0.1, 0.15) is 41.4 Å². The number of nitrogens with zero attached hydrogens (tertiary/aromatic N) is 1. The van der Waals surface area contributed by atoms with Gasteiger partial charge >= 0.3 is 6.03 Å². The fourth-order valence-corrected chi connectivity index (χ4v) is 4.28. The summed E-state index contributed by atoms with van der Waals surface area (Å²) in [6.45, 7) is 5.64. The molecule has 0 saturated carbocycles. The number of amides is 4. The van der Waals surface area contributed by atoms with Crippen molar-refractivity contribution >= 4 is 34.9 Å². The van der Waals surface area contributed by atoms with Crippen LogP contribution in [0.15, 0.2) is 41.8 Å². The highest BCUT2D eigenvalue weighted by atomic mass is 32.1. The van der Waals surface area contributed by atoms with E-state index in [1.807, 2.05) is 49.6 Å². The van der Waals surface area contributed by atoms with Crippen LogP contribution in [0.5, 0.6) is 0 Å². The summed E-state index contributed by atoms with van der Waals surface area (Å²) in [7, 11) is 0. The van der Waals surface area contributed by atoms with E-state index in [2.05, 4.69) is 16.0 Å². The van der Waals surface area contributed by atoms with Crippen LogP contribution in [0, 0.1) is 12.8 Å². The molecule has 1 aromatic heterocycles. The molecule has 0 bridgehead atoms. The lowest BCUT2D eigenvalue weighted by molar-refractivity contribution is -0.124. The Bertz CT molecular complexity index is 875. The molecular weight excluding hydrogens is 412 g/mol. The van der Waals surface area contributed by atoms with Gasteiger partial charge in [0.1, 0.15) is 6.04 Å². The van der Waals surface area contributed by atoms with Crippen molar-refractivity contribution in [1.29, 1.82) is 0 Å².